The third-order valence-electron chi connectivity index (χ3n) is 5.03. The molecule has 0 aromatic heterocycles. The lowest BCUT2D eigenvalue weighted by Crippen LogP contribution is -2.30. The fourth-order valence-electron chi connectivity index (χ4n) is 3.54. The highest BCUT2D eigenvalue weighted by molar-refractivity contribution is 6.21. The van der Waals surface area contributed by atoms with Crippen LogP contribution in [-0.2, 0) is 16.1 Å². The van der Waals surface area contributed by atoms with Crippen LogP contribution in [0.2, 0.25) is 0 Å². The predicted octanol–water partition coefficient (Wildman–Crippen LogP) is 3.68. The molecule has 7 heteroatoms. The van der Waals surface area contributed by atoms with Crippen LogP contribution in [-0.4, -0.2) is 52.7 Å². The Balaban J connectivity index is 1.60. The van der Waals surface area contributed by atoms with Gasteiger partial charge in [0, 0.05) is 25.6 Å². The number of amides is 3. The molecule has 0 N–H and O–H groups in total. The van der Waals surface area contributed by atoms with Crippen molar-refractivity contribution in [1.29, 1.82) is 0 Å². The largest absolute Gasteiger partial charge is 0.460 e. The topological polar surface area (TPSA) is 84.0 Å². The Labute approximate surface area is 188 Å². The highest BCUT2D eigenvalue weighted by Crippen LogP contribution is 2.24. The second kappa shape index (κ2) is 9.34. The van der Waals surface area contributed by atoms with E-state index in [9.17, 15) is 19.2 Å². The van der Waals surface area contributed by atoms with Crippen LogP contribution < -0.4 is 0 Å². The van der Waals surface area contributed by atoms with Crippen molar-refractivity contribution in [2.75, 3.05) is 13.6 Å². The Morgan fingerprint density at radius 3 is 2.19 bits per heavy atom. The van der Waals surface area contributed by atoms with Gasteiger partial charge in [-0.3, -0.25) is 24.1 Å². The molecular weight excluding hydrogens is 408 g/mol. The summed E-state index contributed by atoms with van der Waals surface area (Å²) in [6.45, 7) is 5.94. The summed E-state index contributed by atoms with van der Waals surface area (Å²) in [6, 6.07) is 13.6. The number of imide groups is 1. The molecule has 2 aromatic rings. The molecule has 1 aliphatic rings. The normalized spacial score (nSPS) is 13.2. The van der Waals surface area contributed by atoms with Crippen LogP contribution in [0.1, 0.15) is 70.3 Å². The van der Waals surface area contributed by atoms with Crippen LogP contribution in [0.5, 0.6) is 0 Å². The van der Waals surface area contributed by atoms with Gasteiger partial charge >= 0.3 is 5.97 Å². The summed E-state index contributed by atoms with van der Waals surface area (Å²) >= 11 is 0. The number of carbonyl (C=O) groups is 4. The summed E-state index contributed by atoms with van der Waals surface area (Å²) in [6.07, 6.45) is 0.723. The summed E-state index contributed by atoms with van der Waals surface area (Å²) in [5.41, 5.74) is 1.41. The summed E-state index contributed by atoms with van der Waals surface area (Å²) in [5.74, 6) is -1.15. The zero-order valence-electron chi connectivity index (χ0n) is 18.9. The number of rotatable bonds is 7. The molecule has 1 heterocycles. The lowest BCUT2D eigenvalue weighted by atomic mass is 10.1. The smallest absolute Gasteiger partial charge is 0.306 e. The van der Waals surface area contributed by atoms with Crippen molar-refractivity contribution in [1.82, 2.24) is 9.80 Å². The number of hydrogen-bond donors (Lipinski definition) is 0. The molecule has 0 bridgehead atoms. The van der Waals surface area contributed by atoms with Gasteiger partial charge in [0.1, 0.15) is 5.60 Å². The second-order valence-electron chi connectivity index (χ2n) is 8.86. The maximum absolute atomic E-state index is 12.8. The van der Waals surface area contributed by atoms with Gasteiger partial charge in [0.2, 0.25) is 0 Å². The third-order valence-corrected chi connectivity index (χ3v) is 5.03. The molecule has 3 amide bonds. The lowest BCUT2D eigenvalue weighted by molar-refractivity contribution is -0.154. The van der Waals surface area contributed by atoms with Crippen molar-refractivity contribution >= 4 is 23.7 Å². The van der Waals surface area contributed by atoms with Gasteiger partial charge in [0.05, 0.1) is 17.7 Å². The quantitative estimate of drug-likeness (QED) is 0.488. The minimum atomic E-state index is -0.529. The summed E-state index contributed by atoms with van der Waals surface area (Å²) < 4.78 is 5.28. The van der Waals surface area contributed by atoms with Crippen molar-refractivity contribution in [2.45, 2.75) is 45.8 Å². The molecule has 0 spiro atoms. The molecule has 0 saturated heterocycles. The number of ether oxygens (including phenoxy) is 1. The molecule has 0 atom stereocenters. The van der Waals surface area contributed by atoms with E-state index < -0.39 is 5.60 Å². The van der Waals surface area contributed by atoms with Gasteiger partial charge in [-0.2, -0.15) is 0 Å². The highest BCUT2D eigenvalue weighted by atomic mass is 16.6. The van der Waals surface area contributed by atoms with Gasteiger partial charge in [0.15, 0.2) is 0 Å². The molecule has 0 fully saturated rings. The van der Waals surface area contributed by atoms with Crippen LogP contribution in [0.15, 0.2) is 48.5 Å². The molecule has 0 radical (unpaired) electrons. The van der Waals surface area contributed by atoms with Gasteiger partial charge in [-0.1, -0.05) is 24.3 Å². The van der Waals surface area contributed by atoms with Crippen molar-refractivity contribution in [3.05, 3.63) is 70.8 Å². The Morgan fingerprint density at radius 1 is 0.969 bits per heavy atom. The average molecular weight is 437 g/mol. The first-order valence-electron chi connectivity index (χ1n) is 10.6. The van der Waals surface area contributed by atoms with Gasteiger partial charge in [-0.05, 0) is 57.0 Å². The van der Waals surface area contributed by atoms with E-state index in [4.69, 9.17) is 4.74 Å². The SMILES string of the molecule is CN(CCCC(=O)OC(C)(C)C)C(=O)c1cccc(CN2C(=O)c3ccccc3C2=O)c1. The summed E-state index contributed by atoms with van der Waals surface area (Å²) in [5, 5.41) is 0. The molecule has 168 valence electrons. The molecule has 3 rings (SSSR count). The first kappa shape index (κ1) is 23.2. The predicted molar refractivity (Wildman–Crippen MR) is 119 cm³/mol. The van der Waals surface area contributed by atoms with Gasteiger partial charge in [-0.25, -0.2) is 0 Å². The Bertz CT molecular complexity index is 1020. The number of esters is 1. The zero-order valence-corrected chi connectivity index (χ0v) is 18.9. The van der Waals surface area contributed by atoms with Crippen LogP contribution >= 0.6 is 0 Å². The zero-order chi connectivity index (χ0) is 23.5. The fraction of sp³-hybridized carbons (Fsp3) is 0.360. The van der Waals surface area contributed by atoms with E-state index in [2.05, 4.69) is 0 Å². The van der Waals surface area contributed by atoms with Crippen molar-refractivity contribution in [3.8, 4) is 0 Å². The fourth-order valence-corrected chi connectivity index (χ4v) is 3.54. The summed E-state index contributed by atoms with van der Waals surface area (Å²) in [4.78, 5) is 52.6. The van der Waals surface area contributed by atoms with E-state index in [1.807, 2.05) is 20.8 Å². The Hall–Kier alpha value is -3.48. The number of hydrogen-bond acceptors (Lipinski definition) is 5. The van der Waals surface area contributed by atoms with E-state index in [-0.39, 0.29) is 36.7 Å². The number of fused-ring (bicyclic) bond motifs is 1. The monoisotopic (exact) mass is 436 g/mol. The van der Waals surface area contributed by atoms with E-state index in [0.717, 1.165) is 0 Å². The molecule has 7 nitrogen and oxygen atoms in total. The molecule has 32 heavy (non-hydrogen) atoms. The number of benzene rings is 2. The van der Waals surface area contributed by atoms with E-state index >= 15 is 0 Å². The van der Waals surface area contributed by atoms with Crippen LogP contribution in [0, 0.1) is 0 Å². The summed E-state index contributed by atoms with van der Waals surface area (Å²) in [7, 11) is 1.67. The second-order valence-corrected chi connectivity index (χ2v) is 8.86. The van der Waals surface area contributed by atoms with Crippen molar-refractivity contribution in [2.24, 2.45) is 0 Å². The molecular formula is C25H28N2O5. The molecule has 0 unspecified atom stereocenters. The van der Waals surface area contributed by atoms with Crippen molar-refractivity contribution < 1.29 is 23.9 Å². The van der Waals surface area contributed by atoms with E-state index in [1.54, 1.807) is 60.5 Å². The van der Waals surface area contributed by atoms with Gasteiger partial charge in [-0.15, -0.1) is 0 Å². The molecule has 1 aliphatic heterocycles. The van der Waals surface area contributed by atoms with E-state index in [0.29, 0.717) is 35.2 Å². The number of nitrogens with zero attached hydrogens (tertiary/aromatic N) is 2. The van der Waals surface area contributed by atoms with Crippen LogP contribution in [0.3, 0.4) is 0 Å². The highest BCUT2D eigenvalue weighted by Gasteiger charge is 2.35. The standard InChI is InChI=1S/C25H28N2O5/c1-25(2,3)32-21(28)13-8-14-26(4)22(29)18-10-7-9-17(15-18)16-27-23(30)19-11-5-6-12-20(19)24(27)31/h5-7,9-12,15H,8,13-14,16H2,1-4H3. The third kappa shape index (κ3) is 5.41. The van der Waals surface area contributed by atoms with Gasteiger partial charge < -0.3 is 9.64 Å². The van der Waals surface area contributed by atoms with Crippen LogP contribution in [0.4, 0.5) is 0 Å². The molecule has 2 aromatic carbocycles. The lowest BCUT2D eigenvalue weighted by Gasteiger charge is -2.21. The molecule has 0 aliphatic carbocycles. The average Bonchev–Trinajstić information content (AvgIpc) is 2.97. The maximum atomic E-state index is 12.8. The minimum absolute atomic E-state index is 0.0931. The minimum Gasteiger partial charge on any atom is -0.460 e. The Kier molecular flexibility index (Phi) is 6.77. The van der Waals surface area contributed by atoms with Crippen molar-refractivity contribution in [3.63, 3.8) is 0 Å². The first-order valence-corrected chi connectivity index (χ1v) is 10.6. The maximum Gasteiger partial charge on any atom is 0.306 e. The first-order chi connectivity index (χ1) is 15.1. The molecule has 0 saturated carbocycles. The Morgan fingerprint density at radius 2 is 1.59 bits per heavy atom. The number of carbonyl (C=O) groups excluding carboxylic acids is 4. The van der Waals surface area contributed by atoms with Gasteiger partial charge in [0.25, 0.3) is 17.7 Å². The van der Waals surface area contributed by atoms with Crippen LogP contribution in [0.25, 0.3) is 0 Å². The van der Waals surface area contributed by atoms with E-state index in [1.165, 1.54) is 4.90 Å².